The van der Waals surface area contributed by atoms with E-state index in [1.807, 2.05) is 66.2 Å². The second-order valence-corrected chi connectivity index (χ2v) is 7.26. The third-order valence-corrected chi connectivity index (χ3v) is 4.90. The highest BCUT2D eigenvalue weighted by Crippen LogP contribution is 2.25. The number of imide groups is 1. The van der Waals surface area contributed by atoms with E-state index in [2.05, 4.69) is 5.32 Å². The predicted molar refractivity (Wildman–Crippen MR) is 116 cm³/mol. The molecule has 29 heavy (non-hydrogen) atoms. The standard InChI is InChI=1S/C22H19ClN4O2/c1-25(2)16-8-10-17(11-9-16)26-12-4-7-18(26)14-20-21(28)27(22(29)24-20)19-6-3-5-15(23)13-19/h3-14H,1-2H3,(H,24,29)/b20-14+. The summed E-state index contributed by atoms with van der Waals surface area (Å²) in [5.41, 5.74) is 3.46. The van der Waals surface area contributed by atoms with Gasteiger partial charge in [-0.1, -0.05) is 17.7 Å². The highest BCUT2D eigenvalue weighted by atomic mass is 35.5. The van der Waals surface area contributed by atoms with Crippen molar-refractivity contribution in [2.75, 3.05) is 23.9 Å². The maximum Gasteiger partial charge on any atom is 0.333 e. The number of anilines is 2. The zero-order chi connectivity index (χ0) is 20.5. The fourth-order valence-electron chi connectivity index (χ4n) is 3.19. The van der Waals surface area contributed by atoms with E-state index >= 15 is 0 Å². The lowest BCUT2D eigenvalue weighted by Gasteiger charge is -2.14. The first-order valence-corrected chi connectivity index (χ1v) is 9.39. The van der Waals surface area contributed by atoms with Crippen LogP contribution in [-0.4, -0.2) is 30.6 Å². The molecule has 0 saturated carbocycles. The summed E-state index contributed by atoms with van der Waals surface area (Å²) in [4.78, 5) is 28.3. The predicted octanol–water partition coefficient (Wildman–Crippen LogP) is 4.29. The molecule has 0 spiro atoms. The van der Waals surface area contributed by atoms with Gasteiger partial charge in [0.15, 0.2) is 0 Å². The van der Waals surface area contributed by atoms with Crippen LogP contribution in [0.2, 0.25) is 5.02 Å². The Labute approximate surface area is 173 Å². The van der Waals surface area contributed by atoms with E-state index in [0.29, 0.717) is 10.7 Å². The summed E-state index contributed by atoms with van der Waals surface area (Å²) >= 11 is 6.00. The van der Waals surface area contributed by atoms with Crippen LogP contribution in [0.3, 0.4) is 0 Å². The van der Waals surface area contributed by atoms with E-state index in [-0.39, 0.29) is 5.70 Å². The maximum atomic E-state index is 12.8. The van der Waals surface area contributed by atoms with Gasteiger partial charge >= 0.3 is 6.03 Å². The quantitative estimate of drug-likeness (QED) is 0.519. The maximum absolute atomic E-state index is 12.8. The van der Waals surface area contributed by atoms with E-state index in [0.717, 1.165) is 22.0 Å². The average molecular weight is 407 g/mol. The third-order valence-electron chi connectivity index (χ3n) is 4.66. The van der Waals surface area contributed by atoms with Crippen molar-refractivity contribution in [3.8, 4) is 5.69 Å². The number of carbonyl (C=O) groups is 2. The Hall–Kier alpha value is -3.51. The normalized spacial score (nSPS) is 15.1. The number of benzene rings is 2. The number of aromatic nitrogens is 1. The molecule has 2 aromatic carbocycles. The van der Waals surface area contributed by atoms with Gasteiger partial charge in [0, 0.05) is 42.4 Å². The minimum absolute atomic E-state index is 0.208. The van der Waals surface area contributed by atoms with E-state index in [9.17, 15) is 9.59 Å². The van der Waals surface area contributed by atoms with Crippen molar-refractivity contribution in [3.63, 3.8) is 0 Å². The van der Waals surface area contributed by atoms with Crippen molar-refractivity contribution in [2.24, 2.45) is 0 Å². The van der Waals surface area contributed by atoms with Crippen LogP contribution in [0.5, 0.6) is 0 Å². The minimum Gasteiger partial charge on any atom is -0.378 e. The number of hydrogen-bond donors (Lipinski definition) is 1. The zero-order valence-electron chi connectivity index (χ0n) is 16.0. The number of nitrogens with zero attached hydrogens (tertiary/aromatic N) is 3. The van der Waals surface area contributed by atoms with E-state index in [1.54, 1.807) is 30.3 Å². The SMILES string of the molecule is CN(C)c1ccc(-n2cccc2/C=C2/NC(=O)N(c3cccc(Cl)c3)C2=O)cc1. The molecule has 0 aliphatic carbocycles. The second kappa shape index (κ2) is 7.48. The second-order valence-electron chi connectivity index (χ2n) is 6.82. The lowest BCUT2D eigenvalue weighted by atomic mass is 10.2. The monoisotopic (exact) mass is 406 g/mol. The van der Waals surface area contributed by atoms with Gasteiger partial charge in [-0.2, -0.15) is 0 Å². The first-order chi connectivity index (χ1) is 13.9. The summed E-state index contributed by atoms with van der Waals surface area (Å²) in [6, 6.07) is 18.0. The molecule has 2 heterocycles. The van der Waals surface area contributed by atoms with Crippen molar-refractivity contribution in [1.82, 2.24) is 9.88 Å². The lowest BCUT2D eigenvalue weighted by Crippen LogP contribution is -2.30. The van der Waals surface area contributed by atoms with Gasteiger partial charge in [0.25, 0.3) is 5.91 Å². The summed E-state index contributed by atoms with van der Waals surface area (Å²) in [6.07, 6.45) is 3.58. The highest BCUT2D eigenvalue weighted by molar-refractivity contribution is 6.32. The van der Waals surface area contributed by atoms with Crippen LogP contribution in [0.25, 0.3) is 11.8 Å². The summed E-state index contributed by atoms with van der Waals surface area (Å²) in [7, 11) is 3.97. The zero-order valence-corrected chi connectivity index (χ0v) is 16.7. The van der Waals surface area contributed by atoms with E-state index < -0.39 is 11.9 Å². The lowest BCUT2D eigenvalue weighted by molar-refractivity contribution is -0.113. The van der Waals surface area contributed by atoms with Crippen LogP contribution in [0, 0.1) is 0 Å². The molecule has 1 N–H and O–H groups in total. The van der Waals surface area contributed by atoms with Crippen LogP contribution in [0.1, 0.15) is 5.69 Å². The summed E-state index contributed by atoms with van der Waals surface area (Å²) in [6.45, 7) is 0. The van der Waals surface area contributed by atoms with Crippen molar-refractivity contribution in [2.45, 2.75) is 0 Å². The Morgan fingerprint density at radius 2 is 1.72 bits per heavy atom. The minimum atomic E-state index is -0.503. The molecule has 0 unspecified atom stereocenters. The van der Waals surface area contributed by atoms with Gasteiger partial charge in [-0.05, 0) is 60.7 Å². The van der Waals surface area contributed by atoms with Gasteiger partial charge in [0.2, 0.25) is 0 Å². The first-order valence-electron chi connectivity index (χ1n) is 9.02. The van der Waals surface area contributed by atoms with Gasteiger partial charge in [0.05, 0.1) is 5.69 Å². The van der Waals surface area contributed by atoms with Gasteiger partial charge in [0.1, 0.15) is 5.70 Å². The van der Waals surface area contributed by atoms with Gasteiger partial charge in [-0.25, -0.2) is 9.69 Å². The van der Waals surface area contributed by atoms with Gasteiger partial charge in [-0.3, -0.25) is 4.79 Å². The molecule has 0 radical (unpaired) electrons. The molecule has 146 valence electrons. The number of hydrogen-bond acceptors (Lipinski definition) is 3. The molecular weight excluding hydrogens is 388 g/mol. The van der Waals surface area contributed by atoms with Crippen LogP contribution >= 0.6 is 11.6 Å². The first kappa shape index (κ1) is 18.8. The molecule has 0 bridgehead atoms. The van der Waals surface area contributed by atoms with Crippen molar-refractivity contribution in [3.05, 3.63) is 83.3 Å². The fraction of sp³-hybridized carbons (Fsp3) is 0.0909. The molecule has 6 nitrogen and oxygen atoms in total. The van der Waals surface area contributed by atoms with Crippen molar-refractivity contribution >= 4 is 41.0 Å². The fourth-order valence-corrected chi connectivity index (χ4v) is 3.38. The molecule has 7 heteroatoms. The number of rotatable bonds is 4. The largest absolute Gasteiger partial charge is 0.378 e. The molecule has 3 aromatic rings. The summed E-state index contributed by atoms with van der Waals surface area (Å²) in [5, 5.41) is 3.10. The number of amides is 3. The van der Waals surface area contributed by atoms with Crippen LogP contribution in [-0.2, 0) is 4.79 Å². The Balaban J connectivity index is 1.65. The topological polar surface area (TPSA) is 57.6 Å². The summed E-state index contributed by atoms with van der Waals surface area (Å²) < 4.78 is 1.95. The molecule has 0 atom stereocenters. The van der Waals surface area contributed by atoms with Crippen LogP contribution in [0.15, 0.2) is 72.6 Å². The molecule has 3 amide bonds. The number of nitrogens with one attached hydrogen (secondary N) is 1. The van der Waals surface area contributed by atoms with Gasteiger partial charge in [-0.15, -0.1) is 0 Å². The molecular formula is C22H19ClN4O2. The van der Waals surface area contributed by atoms with Gasteiger partial charge < -0.3 is 14.8 Å². The molecule has 1 aliphatic rings. The molecule has 1 fully saturated rings. The molecule has 1 aromatic heterocycles. The molecule has 1 saturated heterocycles. The molecule has 1 aliphatic heterocycles. The smallest absolute Gasteiger partial charge is 0.333 e. The van der Waals surface area contributed by atoms with Crippen molar-refractivity contribution < 1.29 is 9.59 Å². The van der Waals surface area contributed by atoms with E-state index in [4.69, 9.17) is 11.6 Å². The Bertz CT molecular complexity index is 1120. The Morgan fingerprint density at radius 3 is 2.41 bits per heavy atom. The third kappa shape index (κ3) is 3.62. The van der Waals surface area contributed by atoms with Crippen molar-refractivity contribution in [1.29, 1.82) is 0 Å². The van der Waals surface area contributed by atoms with Crippen LogP contribution < -0.4 is 15.1 Å². The number of halogens is 1. The van der Waals surface area contributed by atoms with E-state index in [1.165, 1.54) is 0 Å². The average Bonchev–Trinajstić information content (AvgIpc) is 3.26. The Kier molecular flexibility index (Phi) is 4.86. The van der Waals surface area contributed by atoms with Crippen LogP contribution in [0.4, 0.5) is 16.2 Å². The summed E-state index contributed by atoms with van der Waals surface area (Å²) in [5.74, 6) is -0.423. The Morgan fingerprint density at radius 1 is 0.966 bits per heavy atom. The highest BCUT2D eigenvalue weighted by Gasteiger charge is 2.35. The molecule has 4 rings (SSSR count). The number of carbonyl (C=O) groups excluding carboxylic acids is 2. The number of urea groups is 1.